The zero-order valence-corrected chi connectivity index (χ0v) is 15.9. The van der Waals surface area contributed by atoms with Crippen molar-refractivity contribution in [3.8, 4) is 0 Å². The van der Waals surface area contributed by atoms with Gasteiger partial charge < -0.3 is 0 Å². The van der Waals surface area contributed by atoms with E-state index in [0.717, 1.165) is 4.88 Å². The van der Waals surface area contributed by atoms with Crippen molar-refractivity contribution in [2.45, 2.75) is 12.1 Å². The van der Waals surface area contributed by atoms with Crippen LogP contribution in [0.4, 0.5) is 0 Å². The van der Waals surface area contributed by atoms with E-state index in [1.165, 1.54) is 27.7 Å². The lowest BCUT2D eigenvalue weighted by atomic mass is 10.1. The summed E-state index contributed by atoms with van der Waals surface area (Å²) in [5.74, 6) is 0.0592. The highest BCUT2D eigenvalue weighted by molar-refractivity contribution is 7.99. The summed E-state index contributed by atoms with van der Waals surface area (Å²) in [6, 6.07) is 6.61. The van der Waals surface area contributed by atoms with Gasteiger partial charge in [-0.05, 0) is 31.2 Å². The lowest BCUT2D eigenvalue weighted by Gasteiger charge is -2.07. The Morgan fingerprint density at radius 1 is 1.29 bits per heavy atom. The van der Waals surface area contributed by atoms with Crippen molar-refractivity contribution >= 4 is 62.3 Å². The molecule has 0 saturated carbocycles. The van der Waals surface area contributed by atoms with Crippen molar-refractivity contribution in [2.24, 2.45) is 7.05 Å². The molecule has 0 radical (unpaired) electrons. The number of aromatic nitrogens is 2. The number of carbonyl (C=O) groups excluding carboxylic acids is 1. The number of aryl methyl sites for hydroxylation is 1. The SMILES string of the molecule is Cc1cc2c(=O)n(C)c(SCC(=O)c3ccc(Cl)c(Cl)c3)nc2s1. The van der Waals surface area contributed by atoms with E-state index in [4.69, 9.17) is 23.2 Å². The number of Topliss-reactive ketones (excluding diaryl/α,β-unsaturated/α-hetero) is 1. The molecular formula is C16H12Cl2N2O2S2. The summed E-state index contributed by atoms with van der Waals surface area (Å²) >= 11 is 14.5. The van der Waals surface area contributed by atoms with Crippen molar-refractivity contribution < 1.29 is 4.79 Å². The molecule has 0 unspecified atom stereocenters. The molecule has 0 spiro atoms. The molecule has 0 aliphatic heterocycles. The van der Waals surface area contributed by atoms with Crippen molar-refractivity contribution in [3.05, 3.63) is 55.1 Å². The first kappa shape index (κ1) is 17.5. The second-order valence-electron chi connectivity index (χ2n) is 5.18. The normalized spacial score (nSPS) is 11.2. The summed E-state index contributed by atoms with van der Waals surface area (Å²) in [7, 11) is 1.66. The van der Waals surface area contributed by atoms with Crippen LogP contribution in [0.25, 0.3) is 10.2 Å². The smallest absolute Gasteiger partial charge is 0.262 e. The van der Waals surface area contributed by atoms with Gasteiger partial charge in [-0.25, -0.2) is 4.98 Å². The number of hydrogen-bond acceptors (Lipinski definition) is 5. The summed E-state index contributed by atoms with van der Waals surface area (Å²) in [5.41, 5.74) is 0.379. The minimum Gasteiger partial charge on any atom is -0.293 e. The van der Waals surface area contributed by atoms with Crippen LogP contribution in [0.15, 0.2) is 34.2 Å². The number of benzene rings is 1. The quantitative estimate of drug-likeness (QED) is 0.366. The van der Waals surface area contributed by atoms with Crippen LogP contribution in [0.1, 0.15) is 15.2 Å². The molecule has 0 bridgehead atoms. The number of thioether (sulfide) groups is 1. The Balaban J connectivity index is 1.85. The van der Waals surface area contributed by atoms with Gasteiger partial charge >= 0.3 is 0 Å². The van der Waals surface area contributed by atoms with Gasteiger partial charge in [0.2, 0.25) is 0 Å². The van der Waals surface area contributed by atoms with Crippen molar-refractivity contribution in [1.29, 1.82) is 0 Å². The molecule has 0 atom stereocenters. The van der Waals surface area contributed by atoms with Gasteiger partial charge in [-0.1, -0.05) is 35.0 Å². The number of halogens is 2. The average Bonchev–Trinajstić information content (AvgIpc) is 2.92. The van der Waals surface area contributed by atoms with Crippen LogP contribution in [0, 0.1) is 6.92 Å². The molecule has 2 heterocycles. The largest absolute Gasteiger partial charge is 0.293 e. The maximum atomic E-state index is 12.4. The van der Waals surface area contributed by atoms with E-state index in [0.29, 0.717) is 31.0 Å². The number of carbonyl (C=O) groups is 1. The van der Waals surface area contributed by atoms with Crippen LogP contribution < -0.4 is 5.56 Å². The summed E-state index contributed by atoms with van der Waals surface area (Å²) in [6.07, 6.45) is 0. The van der Waals surface area contributed by atoms with E-state index in [2.05, 4.69) is 4.98 Å². The third kappa shape index (κ3) is 3.37. The number of thiophene rings is 1. The molecule has 4 nitrogen and oxygen atoms in total. The van der Waals surface area contributed by atoms with Crippen molar-refractivity contribution in [3.63, 3.8) is 0 Å². The van der Waals surface area contributed by atoms with Crippen LogP contribution in [0.3, 0.4) is 0 Å². The fraction of sp³-hybridized carbons (Fsp3) is 0.188. The van der Waals surface area contributed by atoms with Crippen LogP contribution >= 0.6 is 46.3 Å². The van der Waals surface area contributed by atoms with Gasteiger partial charge in [0.05, 0.1) is 21.2 Å². The third-order valence-corrected chi connectivity index (χ3v) is 6.14. The fourth-order valence-electron chi connectivity index (χ4n) is 2.18. The molecule has 0 amide bonds. The lowest BCUT2D eigenvalue weighted by molar-refractivity contribution is 0.102. The Morgan fingerprint density at radius 3 is 2.75 bits per heavy atom. The standard InChI is InChI=1S/C16H12Cl2N2O2S2/c1-8-5-10-14(24-8)19-16(20(2)15(10)22)23-7-13(21)9-3-4-11(17)12(18)6-9/h3-6H,7H2,1-2H3. The molecule has 8 heteroatoms. The fourth-order valence-corrected chi connectivity index (χ4v) is 4.26. The molecule has 3 aromatic rings. The van der Waals surface area contributed by atoms with Crippen LogP contribution in [0.2, 0.25) is 10.0 Å². The van der Waals surface area contributed by atoms with Gasteiger partial charge in [0.15, 0.2) is 10.9 Å². The first-order chi connectivity index (χ1) is 11.4. The number of nitrogens with zero attached hydrogens (tertiary/aromatic N) is 2. The molecule has 0 saturated heterocycles. The Labute approximate surface area is 156 Å². The summed E-state index contributed by atoms with van der Waals surface area (Å²) < 4.78 is 1.47. The summed E-state index contributed by atoms with van der Waals surface area (Å²) in [5, 5.41) is 1.87. The maximum absolute atomic E-state index is 12.4. The predicted molar refractivity (Wildman–Crippen MR) is 101 cm³/mol. The van der Waals surface area contributed by atoms with E-state index in [-0.39, 0.29) is 17.1 Å². The Kier molecular flexibility index (Phi) is 5.01. The van der Waals surface area contributed by atoms with Crippen LogP contribution in [-0.2, 0) is 7.05 Å². The maximum Gasteiger partial charge on any atom is 0.262 e. The Hall–Kier alpha value is -1.34. The monoisotopic (exact) mass is 398 g/mol. The van der Waals surface area contributed by atoms with E-state index < -0.39 is 0 Å². The highest BCUT2D eigenvalue weighted by Crippen LogP contribution is 2.26. The molecular weight excluding hydrogens is 387 g/mol. The Morgan fingerprint density at radius 2 is 2.04 bits per heavy atom. The zero-order valence-electron chi connectivity index (χ0n) is 12.8. The second-order valence-corrected chi connectivity index (χ2v) is 8.17. The first-order valence-electron chi connectivity index (χ1n) is 6.95. The van der Waals surface area contributed by atoms with Gasteiger partial charge in [0, 0.05) is 17.5 Å². The minimum absolute atomic E-state index is 0.102. The van der Waals surface area contributed by atoms with Gasteiger partial charge in [-0.2, -0.15) is 0 Å². The molecule has 1 aromatic carbocycles. The number of fused-ring (bicyclic) bond motifs is 1. The Bertz CT molecular complexity index is 1010. The van der Waals surface area contributed by atoms with Gasteiger partial charge in [-0.3, -0.25) is 14.2 Å². The van der Waals surface area contributed by atoms with Crippen molar-refractivity contribution in [1.82, 2.24) is 9.55 Å². The average molecular weight is 399 g/mol. The molecule has 0 fully saturated rings. The molecule has 0 aliphatic rings. The minimum atomic E-state index is -0.103. The summed E-state index contributed by atoms with van der Waals surface area (Å²) in [6.45, 7) is 1.94. The predicted octanol–water partition coefficient (Wildman–Crippen LogP) is 4.59. The van der Waals surface area contributed by atoms with Crippen LogP contribution in [0.5, 0.6) is 0 Å². The molecule has 2 aromatic heterocycles. The zero-order chi connectivity index (χ0) is 17.4. The van der Waals surface area contributed by atoms with Gasteiger partial charge in [0.1, 0.15) is 4.83 Å². The van der Waals surface area contributed by atoms with E-state index in [1.54, 1.807) is 25.2 Å². The number of hydrogen-bond donors (Lipinski definition) is 0. The lowest BCUT2D eigenvalue weighted by Crippen LogP contribution is -2.19. The summed E-state index contributed by atoms with van der Waals surface area (Å²) in [4.78, 5) is 30.9. The number of ketones is 1. The second kappa shape index (κ2) is 6.88. The van der Waals surface area contributed by atoms with E-state index in [1.807, 2.05) is 13.0 Å². The highest BCUT2D eigenvalue weighted by Gasteiger charge is 2.14. The third-order valence-electron chi connectivity index (χ3n) is 3.43. The van der Waals surface area contributed by atoms with Crippen LogP contribution in [-0.4, -0.2) is 21.1 Å². The van der Waals surface area contributed by atoms with E-state index in [9.17, 15) is 9.59 Å². The van der Waals surface area contributed by atoms with Gasteiger partial charge in [-0.15, -0.1) is 11.3 Å². The van der Waals surface area contributed by atoms with E-state index >= 15 is 0 Å². The highest BCUT2D eigenvalue weighted by atomic mass is 35.5. The molecule has 0 N–H and O–H groups in total. The molecule has 3 rings (SSSR count). The topological polar surface area (TPSA) is 52.0 Å². The molecule has 0 aliphatic carbocycles. The first-order valence-corrected chi connectivity index (χ1v) is 9.51. The van der Waals surface area contributed by atoms with Crippen molar-refractivity contribution in [2.75, 3.05) is 5.75 Å². The van der Waals surface area contributed by atoms with Gasteiger partial charge in [0.25, 0.3) is 5.56 Å². The molecule has 124 valence electrons. The number of rotatable bonds is 4. The molecule has 24 heavy (non-hydrogen) atoms.